The molecule has 0 saturated heterocycles. The lowest BCUT2D eigenvalue weighted by molar-refractivity contribution is -0.116. The number of halogens is 1. The van der Waals surface area contributed by atoms with E-state index >= 15 is 0 Å². The molecule has 3 heteroatoms. The number of carbonyl (C=O) groups excluding carboxylic acids is 1. The molecular formula is C30H26ClNO. The Bertz CT molecular complexity index is 1240. The van der Waals surface area contributed by atoms with Crippen LogP contribution in [0, 0.1) is 6.92 Å². The van der Waals surface area contributed by atoms with Crippen molar-refractivity contribution in [3.8, 4) is 0 Å². The second kappa shape index (κ2) is 10.3. The van der Waals surface area contributed by atoms with Crippen LogP contribution in [0.25, 0.3) is 11.1 Å². The van der Waals surface area contributed by atoms with Gasteiger partial charge in [-0.1, -0.05) is 102 Å². The predicted octanol–water partition coefficient (Wildman–Crippen LogP) is 7.66. The first-order chi connectivity index (χ1) is 16.0. The maximum absolute atomic E-state index is 12.8. The number of amides is 1. The summed E-state index contributed by atoms with van der Waals surface area (Å²) in [7, 11) is 0. The molecule has 0 bridgehead atoms. The molecule has 0 heterocycles. The lowest BCUT2D eigenvalue weighted by Gasteiger charge is -2.26. The average molecular weight is 452 g/mol. The Morgan fingerprint density at radius 2 is 1.21 bits per heavy atom. The van der Waals surface area contributed by atoms with E-state index in [-0.39, 0.29) is 5.91 Å². The van der Waals surface area contributed by atoms with Crippen molar-refractivity contribution < 1.29 is 4.79 Å². The Morgan fingerprint density at radius 1 is 0.697 bits per heavy atom. The molecule has 0 radical (unpaired) electrons. The minimum Gasteiger partial charge on any atom is -0.308 e. The van der Waals surface area contributed by atoms with Gasteiger partial charge in [0.1, 0.15) is 0 Å². The van der Waals surface area contributed by atoms with Gasteiger partial charge in [0.05, 0.1) is 6.54 Å². The van der Waals surface area contributed by atoms with E-state index in [1.54, 1.807) is 6.92 Å². The van der Waals surface area contributed by atoms with Crippen molar-refractivity contribution >= 4 is 34.3 Å². The van der Waals surface area contributed by atoms with Gasteiger partial charge in [0.15, 0.2) is 0 Å². The molecule has 0 unspecified atom stereocenters. The highest BCUT2D eigenvalue weighted by Crippen LogP contribution is 2.34. The van der Waals surface area contributed by atoms with E-state index in [4.69, 9.17) is 11.6 Å². The first-order valence-corrected chi connectivity index (χ1v) is 11.4. The minimum absolute atomic E-state index is 0.0102. The van der Waals surface area contributed by atoms with Crippen molar-refractivity contribution in [2.45, 2.75) is 13.8 Å². The summed E-state index contributed by atoms with van der Waals surface area (Å²) in [6.07, 6.45) is 0. The smallest absolute Gasteiger partial charge is 0.224 e. The van der Waals surface area contributed by atoms with Crippen LogP contribution < -0.4 is 4.90 Å². The van der Waals surface area contributed by atoms with E-state index in [1.165, 1.54) is 5.56 Å². The third kappa shape index (κ3) is 5.42. The Labute approximate surface area is 200 Å². The summed E-state index contributed by atoms with van der Waals surface area (Å²) in [5, 5.41) is 0.682. The van der Waals surface area contributed by atoms with Crippen molar-refractivity contribution in [1.29, 1.82) is 0 Å². The highest BCUT2D eigenvalue weighted by Gasteiger charge is 2.20. The SMILES string of the molecule is CC(=O)N(C/C(=C(/c1ccccc1)c1ccc(C)cc1)c1ccc(Cl)cc1)c1ccccc1. The number of anilines is 1. The molecule has 1 amide bonds. The largest absolute Gasteiger partial charge is 0.308 e. The summed E-state index contributed by atoms with van der Waals surface area (Å²) in [5.41, 5.74) is 7.46. The van der Waals surface area contributed by atoms with Crippen LogP contribution in [0.15, 0.2) is 109 Å². The molecule has 4 rings (SSSR count). The third-order valence-electron chi connectivity index (χ3n) is 5.66. The zero-order valence-corrected chi connectivity index (χ0v) is 19.6. The van der Waals surface area contributed by atoms with E-state index in [0.29, 0.717) is 11.6 Å². The van der Waals surface area contributed by atoms with Crippen molar-refractivity contribution in [2.24, 2.45) is 0 Å². The van der Waals surface area contributed by atoms with E-state index in [1.807, 2.05) is 77.7 Å². The topological polar surface area (TPSA) is 20.3 Å². The summed E-state index contributed by atoms with van der Waals surface area (Å²) in [6, 6.07) is 36.5. The first kappa shape index (κ1) is 22.6. The monoisotopic (exact) mass is 451 g/mol. The maximum Gasteiger partial charge on any atom is 0.224 e. The highest BCUT2D eigenvalue weighted by atomic mass is 35.5. The van der Waals surface area contributed by atoms with E-state index in [2.05, 4.69) is 43.3 Å². The number of aryl methyl sites for hydroxylation is 1. The molecule has 0 aromatic heterocycles. The fourth-order valence-corrected chi connectivity index (χ4v) is 4.08. The number of nitrogens with zero attached hydrogens (tertiary/aromatic N) is 1. The van der Waals surface area contributed by atoms with Crippen LogP contribution in [-0.2, 0) is 4.79 Å². The number of carbonyl (C=O) groups is 1. The van der Waals surface area contributed by atoms with Crippen LogP contribution in [0.2, 0.25) is 5.02 Å². The van der Waals surface area contributed by atoms with Gasteiger partial charge >= 0.3 is 0 Å². The molecule has 164 valence electrons. The van der Waals surface area contributed by atoms with Crippen molar-refractivity contribution in [3.63, 3.8) is 0 Å². The summed E-state index contributed by atoms with van der Waals surface area (Å²) >= 11 is 6.22. The van der Waals surface area contributed by atoms with Gasteiger partial charge in [-0.15, -0.1) is 0 Å². The van der Waals surface area contributed by atoms with E-state index < -0.39 is 0 Å². The van der Waals surface area contributed by atoms with E-state index in [9.17, 15) is 4.79 Å². The van der Waals surface area contributed by atoms with Crippen molar-refractivity contribution in [3.05, 3.63) is 136 Å². The second-order valence-corrected chi connectivity index (χ2v) is 8.47. The maximum atomic E-state index is 12.8. The molecule has 4 aromatic carbocycles. The molecule has 0 saturated carbocycles. The Morgan fingerprint density at radius 3 is 1.79 bits per heavy atom. The Balaban J connectivity index is 1.98. The van der Waals surface area contributed by atoms with Gasteiger partial charge in [0.25, 0.3) is 0 Å². The van der Waals surface area contributed by atoms with Crippen LogP contribution in [0.4, 0.5) is 5.69 Å². The van der Waals surface area contributed by atoms with Gasteiger partial charge in [-0.05, 0) is 59.0 Å². The molecule has 0 atom stereocenters. The average Bonchev–Trinajstić information content (AvgIpc) is 2.84. The van der Waals surface area contributed by atoms with Crippen LogP contribution >= 0.6 is 11.6 Å². The summed E-state index contributed by atoms with van der Waals surface area (Å²) in [6.45, 7) is 4.13. The lowest BCUT2D eigenvalue weighted by Crippen LogP contribution is -2.30. The molecule has 2 nitrogen and oxygen atoms in total. The standard InChI is InChI=1S/C30H26ClNO/c1-22-13-15-26(16-14-22)30(25-9-5-3-6-10-25)29(24-17-19-27(31)20-18-24)21-32(23(2)33)28-11-7-4-8-12-28/h3-20H,21H2,1-2H3/b30-29+. The molecule has 0 aliphatic heterocycles. The summed E-state index contributed by atoms with van der Waals surface area (Å²) in [5.74, 6) is -0.0102. The second-order valence-electron chi connectivity index (χ2n) is 8.03. The fourth-order valence-electron chi connectivity index (χ4n) is 3.96. The molecule has 0 aliphatic carbocycles. The molecule has 0 N–H and O–H groups in total. The van der Waals surface area contributed by atoms with Gasteiger partial charge in [-0.25, -0.2) is 0 Å². The van der Waals surface area contributed by atoms with Gasteiger partial charge in [-0.2, -0.15) is 0 Å². The first-order valence-electron chi connectivity index (χ1n) is 11.0. The normalized spacial score (nSPS) is 11.6. The number of para-hydroxylation sites is 1. The number of hydrogen-bond acceptors (Lipinski definition) is 1. The van der Waals surface area contributed by atoms with Crippen LogP contribution in [0.5, 0.6) is 0 Å². The molecular weight excluding hydrogens is 426 g/mol. The van der Waals surface area contributed by atoms with Crippen molar-refractivity contribution in [2.75, 3.05) is 11.4 Å². The van der Waals surface area contributed by atoms with Gasteiger partial charge in [0.2, 0.25) is 5.91 Å². The van der Waals surface area contributed by atoms with Crippen LogP contribution in [0.3, 0.4) is 0 Å². The zero-order chi connectivity index (χ0) is 23.2. The van der Waals surface area contributed by atoms with Crippen molar-refractivity contribution in [1.82, 2.24) is 0 Å². The van der Waals surface area contributed by atoms with Gasteiger partial charge in [-0.3, -0.25) is 4.79 Å². The number of hydrogen-bond donors (Lipinski definition) is 0. The van der Waals surface area contributed by atoms with Crippen LogP contribution in [-0.4, -0.2) is 12.5 Å². The number of rotatable bonds is 6. The number of benzene rings is 4. The lowest BCUT2D eigenvalue weighted by atomic mass is 9.88. The molecule has 0 aliphatic rings. The fraction of sp³-hybridized carbons (Fsp3) is 0.100. The molecule has 33 heavy (non-hydrogen) atoms. The molecule has 0 fully saturated rings. The van der Waals surface area contributed by atoms with Gasteiger partial charge in [0, 0.05) is 17.6 Å². The highest BCUT2D eigenvalue weighted by molar-refractivity contribution is 6.30. The molecule has 0 spiro atoms. The summed E-state index contributed by atoms with van der Waals surface area (Å²) in [4.78, 5) is 14.6. The quantitative estimate of drug-likeness (QED) is 0.275. The van der Waals surface area contributed by atoms with Gasteiger partial charge < -0.3 is 4.90 Å². The summed E-state index contributed by atoms with van der Waals surface area (Å²) < 4.78 is 0. The van der Waals surface area contributed by atoms with Crippen LogP contribution in [0.1, 0.15) is 29.2 Å². The molecule has 4 aromatic rings. The van der Waals surface area contributed by atoms with E-state index in [0.717, 1.165) is 33.5 Å². The minimum atomic E-state index is -0.0102. The zero-order valence-electron chi connectivity index (χ0n) is 18.8. The Hall–Kier alpha value is -3.62. The Kier molecular flexibility index (Phi) is 7.07. The third-order valence-corrected chi connectivity index (χ3v) is 5.91. The predicted molar refractivity (Wildman–Crippen MR) is 139 cm³/mol.